The van der Waals surface area contributed by atoms with Crippen molar-refractivity contribution in [3.05, 3.63) is 71.8 Å². The molecule has 0 saturated carbocycles. The number of ether oxygens (including phenoxy) is 1. The SMILES string of the molecule is COCCCCc1cnn(-c2cnn3ccc(N4CCC[C@H]4c4cc(F)ccc4F)nc23)c1. The highest BCUT2D eigenvalue weighted by molar-refractivity contribution is 5.61. The molecule has 4 heterocycles. The molecule has 0 unspecified atom stereocenters. The Kier molecular flexibility index (Phi) is 6.04. The molecular formula is C24H26F2N6O. The number of nitrogens with zero attached hydrogens (tertiary/aromatic N) is 6. The minimum Gasteiger partial charge on any atom is -0.385 e. The molecule has 172 valence electrons. The number of halogens is 2. The fourth-order valence-electron chi connectivity index (χ4n) is 4.50. The van der Waals surface area contributed by atoms with E-state index in [0.29, 0.717) is 17.0 Å². The molecule has 1 fully saturated rings. The van der Waals surface area contributed by atoms with Crippen molar-refractivity contribution in [3.8, 4) is 5.69 Å². The van der Waals surface area contributed by atoms with Crippen LogP contribution in [0, 0.1) is 11.6 Å². The number of rotatable bonds is 8. The van der Waals surface area contributed by atoms with Crippen LogP contribution in [0.3, 0.4) is 0 Å². The number of aromatic nitrogens is 5. The molecular weight excluding hydrogens is 426 g/mol. The summed E-state index contributed by atoms with van der Waals surface area (Å²) in [6.45, 7) is 1.48. The summed E-state index contributed by atoms with van der Waals surface area (Å²) in [5.41, 5.74) is 2.94. The first-order valence-electron chi connectivity index (χ1n) is 11.2. The zero-order valence-corrected chi connectivity index (χ0v) is 18.5. The second-order valence-electron chi connectivity index (χ2n) is 8.34. The monoisotopic (exact) mass is 452 g/mol. The van der Waals surface area contributed by atoms with E-state index in [1.807, 2.05) is 29.6 Å². The van der Waals surface area contributed by atoms with Crippen molar-refractivity contribution in [2.75, 3.05) is 25.2 Å². The van der Waals surface area contributed by atoms with Gasteiger partial charge in [-0.05, 0) is 61.9 Å². The Morgan fingerprint density at radius 3 is 2.91 bits per heavy atom. The van der Waals surface area contributed by atoms with Crippen LogP contribution in [0.5, 0.6) is 0 Å². The van der Waals surface area contributed by atoms with Crippen LogP contribution in [-0.4, -0.2) is 44.6 Å². The van der Waals surface area contributed by atoms with Gasteiger partial charge in [0.15, 0.2) is 5.65 Å². The molecule has 1 saturated heterocycles. The molecule has 0 radical (unpaired) electrons. The maximum Gasteiger partial charge on any atom is 0.183 e. The lowest BCUT2D eigenvalue weighted by Crippen LogP contribution is -2.24. The standard InChI is InChI=1S/C24H26F2N6O/c1-33-12-3-2-5-17-14-27-32(16-17)22-15-28-31-11-9-23(29-24(22)31)30-10-4-6-21(30)19-13-18(25)7-8-20(19)26/h7-9,11,13-16,21H,2-6,10,12H2,1H3/t21-/m0/s1. The molecule has 4 aromatic rings. The molecule has 0 spiro atoms. The van der Waals surface area contributed by atoms with E-state index in [0.717, 1.165) is 62.6 Å². The zero-order valence-electron chi connectivity index (χ0n) is 18.5. The number of fused-ring (bicyclic) bond motifs is 1. The first kappa shape index (κ1) is 21.5. The molecule has 0 N–H and O–H groups in total. The van der Waals surface area contributed by atoms with Crippen LogP contribution in [0.25, 0.3) is 11.3 Å². The molecule has 1 atom stereocenters. The van der Waals surface area contributed by atoms with Crippen molar-refractivity contribution in [2.45, 2.75) is 38.1 Å². The molecule has 1 aliphatic heterocycles. The molecule has 0 bridgehead atoms. The maximum atomic E-state index is 14.5. The molecule has 5 rings (SSSR count). The van der Waals surface area contributed by atoms with Crippen molar-refractivity contribution >= 4 is 11.5 Å². The third-order valence-electron chi connectivity index (χ3n) is 6.15. The Balaban J connectivity index is 1.43. The van der Waals surface area contributed by atoms with E-state index in [2.05, 4.69) is 10.2 Å². The van der Waals surface area contributed by atoms with Gasteiger partial charge in [-0.15, -0.1) is 0 Å². The summed E-state index contributed by atoms with van der Waals surface area (Å²) in [6, 6.07) is 5.24. The first-order valence-corrected chi connectivity index (χ1v) is 11.2. The van der Waals surface area contributed by atoms with Gasteiger partial charge in [-0.3, -0.25) is 0 Å². The van der Waals surface area contributed by atoms with E-state index in [1.54, 1.807) is 22.5 Å². The topological polar surface area (TPSA) is 60.5 Å². The van der Waals surface area contributed by atoms with E-state index in [1.165, 1.54) is 12.1 Å². The van der Waals surface area contributed by atoms with Crippen LogP contribution in [0.4, 0.5) is 14.6 Å². The Labute approximate surface area is 190 Å². The van der Waals surface area contributed by atoms with Crippen LogP contribution in [0.2, 0.25) is 0 Å². The van der Waals surface area contributed by atoms with Gasteiger partial charge in [-0.25, -0.2) is 23.0 Å². The number of methoxy groups -OCH3 is 1. The molecule has 9 heteroatoms. The van der Waals surface area contributed by atoms with Crippen molar-refractivity contribution < 1.29 is 13.5 Å². The largest absolute Gasteiger partial charge is 0.385 e. The van der Waals surface area contributed by atoms with Gasteiger partial charge in [0.1, 0.15) is 23.1 Å². The highest BCUT2D eigenvalue weighted by Gasteiger charge is 2.30. The average molecular weight is 453 g/mol. The van der Waals surface area contributed by atoms with E-state index in [4.69, 9.17) is 9.72 Å². The minimum atomic E-state index is -0.434. The van der Waals surface area contributed by atoms with Gasteiger partial charge < -0.3 is 9.64 Å². The number of aryl methyl sites for hydroxylation is 1. The van der Waals surface area contributed by atoms with Crippen molar-refractivity contribution in [1.82, 2.24) is 24.4 Å². The van der Waals surface area contributed by atoms with Gasteiger partial charge in [0, 0.05) is 38.2 Å². The van der Waals surface area contributed by atoms with Crippen molar-refractivity contribution in [2.24, 2.45) is 0 Å². The quantitative estimate of drug-likeness (QED) is 0.368. The Morgan fingerprint density at radius 1 is 1.12 bits per heavy atom. The molecule has 1 aliphatic rings. The van der Waals surface area contributed by atoms with Gasteiger partial charge in [0.2, 0.25) is 0 Å². The highest BCUT2D eigenvalue weighted by Crippen LogP contribution is 2.37. The van der Waals surface area contributed by atoms with Gasteiger partial charge >= 0.3 is 0 Å². The summed E-state index contributed by atoms with van der Waals surface area (Å²) in [7, 11) is 1.71. The minimum absolute atomic E-state index is 0.259. The second-order valence-corrected chi connectivity index (χ2v) is 8.34. The van der Waals surface area contributed by atoms with Crippen LogP contribution in [-0.2, 0) is 11.2 Å². The third kappa shape index (κ3) is 4.32. The molecule has 1 aromatic carbocycles. The van der Waals surface area contributed by atoms with E-state index in [-0.39, 0.29) is 6.04 Å². The summed E-state index contributed by atoms with van der Waals surface area (Å²) >= 11 is 0. The first-order chi connectivity index (χ1) is 16.1. The lowest BCUT2D eigenvalue weighted by atomic mass is 10.0. The zero-order chi connectivity index (χ0) is 22.8. The summed E-state index contributed by atoms with van der Waals surface area (Å²) in [4.78, 5) is 6.89. The van der Waals surface area contributed by atoms with Gasteiger partial charge in [0.05, 0.1) is 18.4 Å². The van der Waals surface area contributed by atoms with Crippen molar-refractivity contribution in [3.63, 3.8) is 0 Å². The number of anilines is 1. The molecule has 0 amide bonds. The lowest BCUT2D eigenvalue weighted by Gasteiger charge is -2.26. The van der Waals surface area contributed by atoms with E-state index < -0.39 is 11.6 Å². The second kappa shape index (κ2) is 9.27. The number of benzene rings is 1. The third-order valence-corrected chi connectivity index (χ3v) is 6.15. The smallest absolute Gasteiger partial charge is 0.183 e. The Bertz CT molecular complexity index is 1250. The van der Waals surface area contributed by atoms with Crippen LogP contribution in [0.15, 0.2) is 49.1 Å². The summed E-state index contributed by atoms with van der Waals surface area (Å²) in [6.07, 6.45) is 12.0. The predicted octanol–water partition coefficient (Wildman–Crippen LogP) is 4.50. The van der Waals surface area contributed by atoms with Crippen LogP contribution in [0.1, 0.15) is 42.9 Å². The molecule has 0 aliphatic carbocycles. The van der Waals surface area contributed by atoms with E-state index in [9.17, 15) is 8.78 Å². The molecule has 33 heavy (non-hydrogen) atoms. The number of hydrogen-bond donors (Lipinski definition) is 0. The van der Waals surface area contributed by atoms with E-state index >= 15 is 0 Å². The van der Waals surface area contributed by atoms with Crippen LogP contribution < -0.4 is 4.90 Å². The maximum absolute atomic E-state index is 14.5. The lowest BCUT2D eigenvalue weighted by molar-refractivity contribution is 0.193. The fourth-order valence-corrected chi connectivity index (χ4v) is 4.50. The van der Waals surface area contributed by atoms with Gasteiger partial charge in [-0.2, -0.15) is 10.2 Å². The average Bonchev–Trinajstić information content (AvgIpc) is 3.57. The summed E-state index contributed by atoms with van der Waals surface area (Å²) in [5.74, 6) is -0.118. The normalized spacial score (nSPS) is 16.2. The summed E-state index contributed by atoms with van der Waals surface area (Å²) < 4.78 is 36.9. The molecule has 3 aromatic heterocycles. The fraction of sp³-hybridized carbons (Fsp3) is 0.375. The number of unbranched alkanes of at least 4 members (excludes halogenated alkanes) is 1. The highest BCUT2D eigenvalue weighted by atomic mass is 19.1. The van der Waals surface area contributed by atoms with Gasteiger partial charge in [0.25, 0.3) is 0 Å². The number of hydrogen-bond acceptors (Lipinski definition) is 5. The van der Waals surface area contributed by atoms with Gasteiger partial charge in [-0.1, -0.05) is 0 Å². The predicted molar refractivity (Wildman–Crippen MR) is 121 cm³/mol. The van der Waals surface area contributed by atoms with Crippen LogP contribution >= 0.6 is 0 Å². The van der Waals surface area contributed by atoms with Crippen molar-refractivity contribution in [1.29, 1.82) is 0 Å². The summed E-state index contributed by atoms with van der Waals surface area (Å²) in [5, 5.41) is 8.92. The Hall–Kier alpha value is -3.33. The Morgan fingerprint density at radius 2 is 2.03 bits per heavy atom. The molecule has 7 nitrogen and oxygen atoms in total.